The van der Waals surface area contributed by atoms with Crippen molar-refractivity contribution < 1.29 is 23.5 Å². The molecule has 2 atom stereocenters. The van der Waals surface area contributed by atoms with Crippen LogP contribution in [0.4, 0.5) is 0 Å². The number of fused-ring (bicyclic) bond motifs is 2. The number of hydrogen-bond donors (Lipinski definition) is 0. The molecule has 0 saturated carbocycles. The second-order valence-corrected chi connectivity index (χ2v) is 14.3. The number of rotatable bonds is 6. The van der Waals surface area contributed by atoms with Crippen LogP contribution < -0.4 is 4.74 Å². The summed E-state index contributed by atoms with van der Waals surface area (Å²) in [4.78, 5) is 26.3. The second-order valence-electron chi connectivity index (χ2n) is 9.58. The summed E-state index contributed by atoms with van der Waals surface area (Å²) in [6.45, 7) is 10.3. The van der Waals surface area contributed by atoms with Gasteiger partial charge in [0, 0.05) is 5.57 Å². The van der Waals surface area contributed by atoms with E-state index in [4.69, 9.17) is 13.9 Å². The normalized spacial score (nSPS) is 23.1. The summed E-state index contributed by atoms with van der Waals surface area (Å²) in [6.07, 6.45) is 4.97. The fourth-order valence-electron chi connectivity index (χ4n) is 3.29. The first-order valence-electron chi connectivity index (χ1n) is 11.1. The van der Waals surface area contributed by atoms with E-state index in [1.807, 2.05) is 18.2 Å². The third-order valence-electron chi connectivity index (χ3n) is 6.10. The third kappa shape index (κ3) is 5.84. The molecule has 2 aliphatic carbocycles. The molecule has 2 unspecified atom stereocenters. The summed E-state index contributed by atoms with van der Waals surface area (Å²) < 4.78 is 17.7. The zero-order chi connectivity index (χ0) is 24.1. The van der Waals surface area contributed by atoms with Crippen molar-refractivity contribution in [2.24, 2.45) is 0 Å². The molecule has 0 aliphatic heterocycles. The van der Waals surface area contributed by atoms with E-state index in [2.05, 4.69) is 57.5 Å². The van der Waals surface area contributed by atoms with Gasteiger partial charge in [0.2, 0.25) is 5.78 Å². The first-order valence-corrected chi connectivity index (χ1v) is 14.0. The van der Waals surface area contributed by atoms with E-state index >= 15 is 0 Å². The quantitative estimate of drug-likeness (QED) is 0.351. The van der Waals surface area contributed by atoms with Gasteiger partial charge in [-0.25, -0.2) is 4.79 Å². The number of Topliss-reactive ketones (excluding diaryl/α,β-unsaturated/α-hetero) is 1. The van der Waals surface area contributed by atoms with Crippen molar-refractivity contribution in [1.82, 2.24) is 0 Å². The van der Waals surface area contributed by atoms with Crippen LogP contribution >= 0.6 is 0 Å². The molecule has 33 heavy (non-hydrogen) atoms. The van der Waals surface area contributed by atoms with E-state index < -0.39 is 26.0 Å². The smallest absolute Gasteiger partial charge is 0.345 e. The van der Waals surface area contributed by atoms with Crippen molar-refractivity contribution in [2.75, 3.05) is 6.61 Å². The Kier molecular flexibility index (Phi) is 7.32. The van der Waals surface area contributed by atoms with Crippen LogP contribution in [0.2, 0.25) is 18.1 Å². The van der Waals surface area contributed by atoms with Gasteiger partial charge >= 0.3 is 5.97 Å². The summed E-state index contributed by atoms with van der Waals surface area (Å²) in [5.74, 6) is 11.4. The van der Waals surface area contributed by atoms with Gasteiger partial charge in [-0.2, -0.15) is 0 Å². The lowest BCUT2D eigenvalue weighted by Gasteiger charge is -2.44. The minimum absolute atomic E-state index is 0.101. The Hall–Kier alpha value is -3.06. The Morgan fingerprint density at radius 3 is 2.55 bits per heavy atom. The van der Waals surface area contributed by atoms with Crippen LogP contribution in [0, 0.1) is 23.7 Å². The molecule has 0 fully saturated rings. The Morgan fingerprint density at radius 2 is 1.85 bits per heavy atom. The summed E-state index contributed by atoms with van der Waals surface area (Å²) in [5.41, 5.74) is -0.966. The minimum atomic E-state index is -2.33. The lowest BCUT2D eigenvalue weighted by Crippen LogP contribution is -2.55. The van der Waals surface area contributed by atoms with Gasteiger partial charge in [0.15, 0.2) is 26.6 Å². The van der Waals surface area contributed by atoms with Gasteiger partial charge in [-0.05, 0) is 61.2 Å². The Bertz CT molecular complexity index is 1090. The molecule has 0 spiro atoms. The zero-order valence-corrected chi connectivity index (χ0v) is 20.9. The van der Waals surface area contributed by atoms with E-state index in [0.717, 1.165) is 0 Å². The van der Waals surface area contributed by atoms with Crippen LogP contribution in [0.1, 0.15) is 33.6 Å². The SMILES string of the molecule is CC(C)(C)[Si](C)(C)OC12C#C/C=C\C#CC(OC(=O)COc3ccccc3)C(=CCC1)C2=O. The van der Waals surface area contributed by atoms with Crippen molar-refractivity contribution in [3.05, 3.63) is 54.1 Å². The second kappa shape index (κ2) is 9.83. The van der Waals surface area contributed by atoms with Crippen molar-refractivity contribution in [3.8, 4) is 29.4 Å². The number of carbonyl (C=O) groups excluding carboxylic acids is 2. The molecular weight excluding hydrogens is 432 g/mol. The molecule has 1 aromatic rings. The van der Waals surface area contributed by atoms with Gasteiger partial charge in [0.25, 0.3) is 0 Å². The van der Waals surface area contributed by atoms with Gasteiger partial charge in [0.05, 0.1) is 0 Å². The maximum absolute atomic E-state index is 13.8. The maximum atomic E-state index is 13.8. The molecule has 0 heterocycles. The van der Waals surface area contributed by atoms with Crippen molar-refractivity contribution in [2.45, 2.75) is 63.5 Å². The number of para-hydroxylation sites is 1. The van der Waals surface area contributed by atoms with Crippen molar-refractivity contribution in [1.29, 1.82) is 0 Å². The highest BCUT2D eigenvalue weighted by Crippen LogP contribution is 2.42. The molecule has 5 nitrogen and oxygen atoms in total. The van der Waals surface area contributed by atoms with Gasteiger partial charge in [0.1, 0.15) is 5.75 Å². The average Bonchev–Trinajstić information content (AvgIpc) is 2.75. The van der Waals surface area contributed by atoms with E-state index in [0.29, 0.717) is 24.2 Å². The monoisotopic (exact) mass is 462 g/mol. The van der Waals surface area contributed by atoms with Crippen LogP contribution in [0.3, 0.4) is 0 Å². The molecule has 1 aromatic carbocycles. The largest absolute Gasteiger partial charge is 0.482 e. The number of benzene rings is 1. The fourth-order valence-corrected chi connectivity index (χ4v) is 4.71. The third-order valence-corrected chi connectivity index (χ3v) is 10.6. The topological polar surface area (TPSA) is 61.8 Å². The predicted molar refractivity (Wildman–Crippen MR) is 130 cm³/mol. The number of carbonyl (C=O) groups is 2. The average molecular weight is 463 g/mol. The molecule has 2 bridgehead atoms. The number of ketones is 1. The van der Waals surface area contributed by atoms with Gasteiger partial charge in [-0.15, -0.1) is 0 Å². The molecule has 3 rings (SSSR count). The standard InChI is InChI=1S/C27H30O5Si/c1-26(2,3)33(4,5)32-27-18-12-7-6-11-17-23(22(25(27)29)16-13-19-27)31-24(28)20-30-21-14-9-8-10-15-21/h6-10,14-16,23H,13,19-20H2,1-5H3/b7-6-. The summed E-state index contributed by atoms with van der Waals surface area (Å²) in [5, 5.41) is -0.101. The maximum Gasteiger partial charge on any atom is 0.345 e. The van der Waals surface area contributed by atoms with E-state index in [-0.39, 0.29) is 17.4 Å². The highest BCUT2D eigenvalue weighted by atomic mass is 28.4. The molecule has 6 heteroatoms. The summed E-state index contributed by atoms with van der Waals surface area (Å²) in [7, 11) is -2.33. The van der Waals surface area contributed by atoms with E-state index in [1.165, 1.54) is 0 Å². The molecule has 0 amide bonds. The van der Waals surface area contributed by atoms with Crippen LogP contribution in [-0.2, 0) is 18.8 Å². The summed E-state index contributed by atoms with van der Waals surface area (Å²) >= 11 is 0. The molecule has 172 valence electrons. The van der Waals surface area contributed by atoms with Gasteiger partial charge < -0.3 is 13.9 Å². The molecule has 2 aliphatic rings. The van der Waals surface area contributed by atoms with Crippen LogP contribution in [0.25, 0.3) is 0 Å². The molecule has 0 aromatic heterocycles. The number of hydrogen-bond acceptors (Lipinski definition) is 5. The first-order chi connectivity index (χ1) is 15.5. The van der Waals surface area contributed by atoms with E-state index in [1.54, 1.807) is 30.4 Å². The lowest BCUT2D eigenvalue weighted by molar-refractivity contribution is -0.148. The van der Waals surface area contributed by atoms with E-state index in [9.17, 15) is 9.59 Å². The minimum Gasteiger partial charge on any atom is -0.482 e. The predicted octanol–water partition coefficient (Wildman–Crippen LogP) is 4.60. The number of ether oxygens (including phenoxy) is 2. The van der Waals surface area contributed by atoms with Crippen LogP contribution in [0.5, 0.6) is 5.75 Å². The number of esters is 1. The van der Waals surface area contributed by atoms with Crippen molar-refractivity contribution in [3.63, 3.8) is 0 Å². The molecule has 0 N–H and O–H groups in total. The zero-order valence-electron chi connectivity index (χ0n) is 19.9. The molecule has 0 saturated heterocycles. The first kappa shape index (κ1) is 24.6. The number of allylic oxidation sites excluding steroid dienone is 3. The van der Waals surface area contributed by atoms with Gasteiger partial charge in [-0.1, -0.05) is 62.8 Å². The Labute approximate surface area is 197 Å². The highest BCUT2D eigenvalue weighted by molar-refractivity contribution is 6.74. The van der Waals surface area contributed by atoms with Crippen LogP contribution in [-0.4, -0.2) is 38.4 Å². The Balaban J connectivity index is 1.85. The van der Waals surface area contributed by atoms with Crippen LogP contribution in [0.15, 0.2) is 54.1 Å². The Morgan fingerprint density at radius 1 is 1.15 bits per heavy atom. The fraction of sp³-hybridized carbons (Fsp3) is 0.407. The van der Waals surface area contributed by atoms with Crippen molar-refractivity contribution >= 4 is 20.1 Å². The molecular formula is C27H30O5Si. The lowest BCUT2D eigenvalue weighted by atomic mass is 9.81. The summed E-state index contributed by atoms with van der Waals surface area (Å²) in [6, 6.07) is 8.98. The highest BCUT2D eigenvalue weighted by Gasteiger charge is 2.50. The van der Waals surface area contributed by atoms with Gasteiger partial charge in [-0.3, -0.25) is 4.79 Å². The molecule has 0 radical (unpaired) electrons.